The lowest BCUT2D eigenvalue weighted by atomic mass is 9.82. The Bertz CT molecular complexity index is 114. The van der Waals surface area contributed by atoms with Crippen molar-refractivity contribution in [2.75, 3.05) is 6.61 Å². The van der Waals surface area contributed by atoms with Gasteiger partial charge in [-0.1, -0.05) is 13.0 Å². The van der Waals surface area contributed by atoms with Crippen molar-refractivity contribution < 1.29 is 4.84 Å². The Morgan fingerprint density at radius 2 is 2.50 bits per heavy atom. The maximum atomic E-state index is 5.09. The predicted octanol–water partition coefficient (Wildman–Crippen LogP) is 1.49. The molecule has 2 unspecified atom stereocenters. The Morgan fingerprint density at radius 3 is 2.90 bits per heavy atom. The first-order valence-corrected chi connectivity index (χ1v) is 3.83. The SMILES string of the molecule is C=CCONC1CCC1C. The number of rotatable bonds is 4. The van der Waals surface area contributed by atoms with Crippen molar-refractivity contribution in [3.05, 3.63) is 12.7 Å². The van der Waals surface area contributed by atoms with Crippen LogP contribution in [0.25, 0.3) is 0 Å². The summed E-state index contributed by atoms with van der Waals surface area (Å²) < 4.78 is 0. The fraction of sp³-hybridized carbons (Fsp3) is 0.750. The molecule has 0 spiro atoms. The van der Waals surface area contributed by atoms with Crippen molar-refractivity contribution in [3.8, 4) is 0 Å². The minimum atomic E-state index is 0.583. The van der Waals surface area contributed by atoms with Gasteiger partial charge in [0, 0.05) is 6.04 Å². The van der Waals surface area contributed by atoms with Gasteiger partial charge in [-0.15, -0.1) is 6.58 Å². The lowest BCUT2D eigenvalue weighted by Crippen LogP contribution is -2.42. The molecule has 0 aromatic rings. The van der Waals surface area contributed by atoms with Crippen LogP contribution >= 0.6 is 0 Å². The van der Waals surface area contributed by atoms with E-state index in [0.717, 1.165) is 5.92 Å². The normalized spacial score (nSPS) is 31.3. The molecular weight excluding hydrogens is 126 g/mol. The summed E-state index contributed by atoms with van der Waals surface area (Å²) in [5.74, 6) is 0.782. The molecule has 1 saturated carbocycles. The van der Waals surface area contributed by atoms with Gasteiger partial charge >= 0.3 is 0 Å². The second-order valence-corrected chi connectivity index (χ2v) is 2.88. The Labute approximate surface area is 62.2 Å². The third-order valence-corrected chi connectivity index (χ3v) is 2.06. The largest absolute Gasteiger partial charge is 0.297 e. The summed E-state index contributed by atoms with van der Waals surface area (Å²) in [6.07, 6.45) is 4.32. The molecule has 1 rings (SSSR count). The van der Waals surface area contributed by atoms with Crippen molar-refractivity contribution in [1.29, 1.82) is 0 Å². The van der Waals surface area contributed by atoms with Crippen LogP contribution in [0, 0.1) is 5.92 Å². The lowest BCUT2D eigenvalue weighted by Gasteiger charge is -2.33. The Morgan fingerprint density at radius 1 is 1.70 bits per heavy atom. The van der Waals surface area contributed by atoms with Crippen LogP contribution in [0.4, 0.5) is 0 Å². The molecule has 1 fully saturated rings. The molecule has 0 aliphatic heterocycles. The average molecular weight is 141 g/mol. The number of nitrogens with one attached hydrogen (secondary N) is 1. The van der Waals surface area contributed by atoms with E-state index >= 15 is 0 Å². The summed E-state index contributed by atoms with van der Waals surface area (Å²) >= 11 is 0. The van der Waals surface area contributed by atoms with E-state index in [2.05, 4.69) is 19.0 Å². The van der Waals surface area contributed by atoms with E-state index in [0.29, 0.717) is 12.6 Å². The molecule has 2 atom stereocenters. The van der Waals surface area contributed by atoms with Crippen LogP contribution in [0.15, 0.2) is 12.7 Å². The van der Waals surface area contributed by atoms with Crippen molar-refractivity contribution in [1.82, 2.24) is 5.48 Å². The van der Waals surface area contributed by atoms with E-state index in [-0.39, 0.29) is 0 Å². The van der Waals surface area contributed by atoms with Gasteiger partial charge in [0.15, 0.2) is 0 Å². The second kappa shape index (κ2) is 3.74. The standard InChI is InChI=1S/C8H15NO/c1-3-6-10-9-8-5-4-7(8)2/h3,7-9H,1,4-6H2,2H3. The Balaban J connectivity index is 1.97. The highest BCUT2D eigenvalue weighted by Crippen LogP contribution is 2.26. The van der Waals surface area contributed by atoms with Gasteiger partial charge in [0.2, 0.25) is 0 Å². The molecule has 1 aliphatic carbocycles. The lowest BCUT2D eigenvalue weighted by molar-refractivity contribution is -0.00841. The molecule has 1 aliphatic rings. The van der Waals surface area contributed by atoms with Gasteiger partial charge in [0.05, 0.1) is 6.61 Å². The van der Waals surface area contributed by atoms with Gasteiger partial charge < -0.3 is 0 Å². The zero-order valence-electron chi connectivity index (χ0n) is 6.47. The number of hydroxylamine groups is 1. The molecule has 0 saturated heterocycles. The summed E-state index contributed by atoms with van der Waals surface area (Å²) in [5, 5.41) is 0. The first-order chi connectivity index (χ1) is 4.84. The van der Waals surface area contributed by atoms with Gasteiger partial charge in [-0.2, -0.15) is 5.48 Å². The monoisotopic (exact) mass is 141 g/mol. The van der Waals surface area contributed by atoms with Crippen LogP contribution in [0.1, 0.15) is 19.8 Å². The third kappa shape index (κ3) is 1.82. The van der Waals surface area contributed by atoms with E-state index in [1.165, 1.54) is 12.8 Å². The molecule has 0 aromatic carbocycles. The summed E-state index contributed by atoms with van der Waals surface area (Å²) in [4.78, 5) is 5.09. The molecule has 2 heteroatoms. The average Bonchev–Trinajstić information content (AvgIpc) is 1.95. The van der Waals surface area contributed by atoms with Crippen LogP contribution in [0.2, 0.25) is 0 Å². The van der Waals surface area contributed by atoms with Crippen molar-refractivity contribution >= 4 is 0 Å². The van der Waals surface area contributed by atoms with Crippen LogP contribution in [-0.2, 0) is 4.84 Å². The zero-order valence-corrected chi connectivity index (χ0v) is 6.47. The molecule has 2 nitrogen and oxygen atoms in total. The molecule has 0 bridgehead atoms. The van der Waals surface area contributed by atoms with Crippen LogP contribution < -0.4 is 5.48 Å². The maximum absolute atomic E-state index is 5.09. The summed E-state index contributed by atoms with van der Waals surface area (Å²) in [6.45, 7) is 6.39. The minimum absolute atomic E-state index is 0.583. The van der Waals surface area contributed by atoms with Crippen LogP contribution in [0.3, 0.4) is 0 Å². The van der Waals surface area contributed by atoms with Crippen molar-refractivity contribution in [2.45, 2.75) is 25.8 Å². The minimum Gasteiger partial charge on any atom is -0.297 e. The highest BCUT2D eigenvalue weighted by atomic mass is 16.6. The Hall–Kier alpha value is -0.340. The first kappa shape index (κ1) is 7.76. The van der Waals surface area contributed by atoms with Crippen molar-refractivity contribution in [3.63, 3.8) is 0 Å². The Kier molecular flexibility index (Phi) is 2.90. The molecule has 0 radical (unpaired) electrons. The smallest absolute Gasteiger partial charge is 0.0861 e. The summed E-state index contributed by atoms with van der Waals surface area (Å²) in [6, 6.07) is 0.583. The molecule has 10 heavy (non-hydrogen) atoms. The number of hydrogen-bond donors (Lipinski definition) is 1. The van der Waals surface area contributed by atoms with Gasteiger partial charge in [0.25, 0.3) is 0 Å². The first-order valence-electron chi connectivity index (χ1n) is 3.83. The summed E-state index contributed by atoms with van der Waals surface area (Å²) in [7, 11) is 0. The molecular formula is C8H15NO. The van der Waals surface area contributed by atoms with Gasteiger partial charge in [-0.3, -0.25) is 4.84 Å². The van der Waals surface area contributed by atoms with Crippen molar-refractivity contribution in [2.24, 2.45) is 5.92 Å². The number of hydrogen-bond acceptors (Lipinski definition) is 2. The highest BCUT2D eigenvalue weighted by Gasteiger charge is 2.26. The molecule has 0 aromatic heterocycles. The fourth-order valence-electron chi connectivity index (χ4n) is 1.06. The van der Waals surface area contributed by atoms with Gasteiger partial charge in [0.1, 0.15) is 0 Å². The van der Waals surface area contributed by atoms with E-state index in [4.69, 9.17) is 4.84 Å². The zero-order chi connectivity index (χ0) is 7.40. The second-order valence-electron chi connectivity index (χ2n) is 2.88. The highest BCUT2D eigenvalue weighted by molar-refractivity contribution is 4.81. The van der Waals surface area contributed by atoms with Gasteiger partial charge in [-0.25, -0.2) is 0 Å². The predicted molar refractivity (Wildman–Crippen MR) is 41.5 cm³/mol. The topological polar surface area (TPSA) is 21.3 Å². The maximum Gasteiger partial charge on any atom is 0.0861 e. The van der Waals surface area contributed by atoms with Gasteiger partial charge in [-0.05, 0) is 18.8 Å². The van der Waals surface area contributed by atoms with Crippen LogP contribution in [0.5, 0.6) is 0 Å². The van der Waals surface area contributed by atoms with E-state index in [1.54, 1.807) is 6.08 Å². The quantitative estimate of drug-likeness (QED) is 0.364. The third-order valence-electron chi connectivity index (χ3n) is 2.06. The molecule has 0 amide bonds. The molecule has 1 N–H and O–H groups in total. The van der Waals surface area contributed by atoms with E-state index < -0.39 is 0 Å². The van der Waals surface area contributed by atoms with Crippen LogP contribution in [-0.4, -0.2) is 12.6 Å². The fourth-order valence-corrected chi connectivity index (χ4v) is 1.06. The van der Waals surface area contributed by atoms with E-state index in [9.17, 15) is 0 Å². The molecule has 0 heterocycles. The van der Waals surface area contributed by atoms with E-state index in [1.807, 2.05) is 0 Å². The summed E-state index contributed by atoms with van der Waals surface area (Å²) in [5.41, 5.74) is 3.00. The molecule has 58 valence electrons.